The van der Waals surface area contributed by atoms with Crippen molar-refractivity contribution in [2.24, 2.45) is 5.92 Å². The number of benzene rings is 2. The van der Waals surface area contributed by atoms with Gasteiger partial charge in [-0.3, -0.25) is 4.79 Å². The van der Waals surface area contributed by atoms with E-state index in [-0.39, 0.29) is 11.8 Å². The highest BCUT2D eigenvalue weighted by atomic mass is 16.5. The van der Waals surface area contributed by atoms with Gasteiger partial charge in [0.1, 0.15) is 11.5 Å². The molecule has 0 spiro atoms. The van der Waals surface area contributed by atoms with E-state index < -0.39 is 0 Å². The summed E-state index contributed by atoms with van der Waals surface area (Å²) in [4.78, 5) is 15.1. The maximum atomic E-state index is 12.7. The number of anilines is 1. The van der Waals surface area contributed by atoms with Crippen LogP contribution in [0.4, 0.5) is 5.69 Å². The van der Waals surface area contributed by atoms with Gasteiger partial charge in [0.15, 0.2) is 0 Å². The van der Waals surface area contributed by atoms with Gasteiger partial charge < -0.3 is 15.0 Å². The Hall–Kier alpha value is -2.49. The Morgan fingerprint density at radius 1 is 0.857 bits per heavy atom. The molecule has 2 fully saturated rings. The standard InChI is InChI=1S/C24H30N2O2/c27-24(25-20-9-3-1-4-10-20)19-8-7-17-26(18-19)21-13-15-23(16-14-21)28-22-11-5-2-6-12-22/h2,5-6,11-16,19-20H,1,3-4,7-10,17-18H2,(H,25,27)/t19-/m0/s1. The van der Waals surface area contributed by atoms with Gasteiger partial charge in [-0.15, -0.1) is 0 Å². The summed E-state index contributed by atoms with van der Waals surface area (Å²) < 4.78 is 5.88. The molecule has 4 rings (SSSR count). The van der Waals surface area contributed by atoms with Crippen LogP contribution >= 0.6 is 0 Å². The van der Waals surface area contributed by atoms with Crippen molar-refractivity contribution in [3.05, 3.63) is 54.6 Å². The summed E-state index contributed by atoms with van der Waals surface area (Å²) in [7, 11) is 0. The molecule has 1 saturated heterocycles. The topological polar surface area (TPSA) is 41.6 Å². The van der Waals surface area contributed by atoms with Crippen LogP contribution in [-0.4, -0.2) is 25.0 Å². The number of piperidine rings is 1. The van der Waals surface area contributed by atoms with Gasteiger partial charge in [0, 0.05) is 24.8 Å². The summed E-state index contributed by atoms with van der Waals surface area (Å²) in [5.41, 5.74) is 1.16. The van der Waals surface area contributed by atoms with Crippen LogP contribution in [0.15, 0.2) is 54.6 Å². The first-order valence-corrected chi connectivity index (χ1v) is 10.7. The van der Waals surface area contributed by atoms with Crippen LogP contribution in [0.3, 0.4) is 0 Å². The molecule has 1 saturated carbocycles. The molecule has 1 aliphatic carbocycles. The van der Waals surface area contributed by atoms with E-state index >= 15 is 0 Å². The average molecular weight is 379 g/mol. The van der Waals surface area contributed by atoms with Gasteiger partial charge in [-0.25, -0.2) is 0 Å². The summed E-state index contributed by atoms with van der Waals surface area (Å²) in [5.74, 6) is 2.02. The molecule has 148 valence electrons. The summed E-state index contributed by atoms with van der Waals surface area (Å²) in [5, 5.41) is 3.31. The molecule has 2 aromatic rings. The second-order valence-corrected chi connectivity index (χ2v) is 8.04. The molecule has 28 heavy (non-hydrogen) atoms. The Balaban J connectivity index is 1.34. The van der Waals surface area contributed by atoms with Crippen molar-refractivity contribution in [1.82, 2.24) is 5.32 Å². The van der Waals surface area contributed by atoms with Gasteiger partial charge >= 0.3 is 0 Å². The molecule has 0 bridgehead atoms. The van der Waals surface area contributed by atoms with Crippen molar-refractivity contribution in [2.45, 2.75) is 51.0 Å². The number of nitrogens with one attached hydrogen (secondary N) is 1. The van der Waals surface area contributed by atoms with Gasteiger partial charge in [0.05, 0.1) is 5.92 Å². The molecular formula is C24H30N2O2. The highest BCUT2D eigenvalue weighted by Crippen LogP contribution is 2.28. The van der Waals surface area contributed by atoms with E-state index in [0.717, 1.165) is 56.0 Å². The SMILES string of the molecule is O=C(NC1CCCCC1)[C@H]1CCCN(c2ccc(Oc3ccccc3)cc2)C1. The van der Waals surface area contributed by atoms with Gasteiger partial charge in [0.2, 0.25) is 5.91 Å². The Kier molecular flexibility index (Phi) is 6.15. The zero-order chi connectivity index (χ0) is 19.2. The van der Waals surface area contributed by atoms with E-state index in [1.165, 1.54) is 19.3 Å². The number of ether oxygens (including phenoxy) is 1. The van der Waals surface area contributed by atoms with E-state index in [4.69, 9.17) is 4.74 Å². The van der Waals surface area contributed by atoms with E-state index in [0.29, 0.717) is 6.04 Å². The lowest BCUT2D eigenvalue weighted by atomic mass is 9.93. The highest BCUT2D eigenvalue weighted by Gasteiger charge is 2.27. The van der Waals surface area contributed by atoms with Gasteiger partial charge in [-0.05, 0) is 62.1 Å². The van der Waals surface area contributed by atoms with Crippen molar-refractivity contribution in [1.29, 1.82) is 0 Å². The molecule has 1 N–H and O–H groups in total. The second-order valence-electron chi connectivity index (χ2n) is 8.04. The van der Waals surface area contributed by atoms with Crippen molar-refractivity contribution >= 4 is 11.6 Å². The predicted molar refractivity (Wildman–Crippen MR) is 113 cm³/mol. The van der Waals surface area contributed by atoms with Crippen molar-refractivity contribution in [3.8, 4) is 11.5 Å². The average Bonchev–Trinajstić information content (AvgIpc) is 2.76. The zero-order valence-corrected chi connectivity index (χ0v) is 16.5. The zero-order valence-electron chi connectivity index (χ0n) is 16.5. The fourth-order valence-corrected chi connectivity index (χ4v) is 4.34. The maximum absolute atomic E-state index is 12.7. The second kappa shape index (κ2) is 9.13. The molecular weight excluding hydrogens is 348 g/mol. The lowest BCUT2D eigenvalue weighted by Gasteiger charge is -2.35. The molecule has 2 aliphatic rings. The van der Waals surface area contributed by atoms with Crippen molar-refractivity contribution < 1.29 is 9.53 Å². The summed E-state index contributed by atoms with van der Waals surface area (Å²) in [6.07, 6.45) is 8.15. The fourth-order valence-electron chi connectivity index (χ4n) is 4.34. The van der Waals surface area contributed by atoms with E-state index in [2.05, 4.69) is 22.3 Å². The largest absolute Gasteiger partial charge is 0.457 e. The predicted octanol–water partition coefficient (Wildman–Crippen LogP) is 5.14. The Bertz CT molecular complexity index is 754. The van der Waals surface area contributed by atoms with Gasteiger partial charge in [-0.2, -0.15) is 0 Å². The molecule has 1 heterocycles. The first-order valence-electron chi connectivity index (χ1n) is 10.7. The smallest absolute Gasteiger partial charge is 0.225 e. The van der Waals surface area contributed by atoms with Crippen LogP contribution in [0.1, 0.15) is 44.9 Å². The van der Waals surface area contributed by atoms with E-state index in [1.54, 1.807) is 0 Å². The first kappa shape index (κ1) is 18.9. The highest BCUT2D eigenvalue weighted by molar-refractivity contribution is 5.80. The number of nitrogens with zero attached hydrogens (tertiary/aromatic N) is 1. The van der Waals surface area contributed by atoms with Crippen LogP contribution < -0.4 is 15.0 Å². The molecule has 1 atom stereocenters. The third-order valence-electron chi connectivity index (χ3n) is 5.92. The first-order chi connectivity index (χ1) is 13.8. The van der Waals surface area contributed by atoms with Gasteiger partial charge in [0.25, 0.3) is 0 Å². The summed E-state index contributed by atoms with van der Waals surface area (Å²) in [6, 6.07) is 18.4. The lowest BCUT2D eigenvalue weighted by Crippen LogP contribution is -2.46. The normalized spacial score (nSPS) is 20.6. The van der Waals surface area contributed by atoms with E-state index in [1.807, 2.05) is 42.5 Å². The number of hydrogen-bond donors (Lipinski definition) is 1. The van der Waals surface area contributed by atoms with E-state index in [9.17, 15) is 4.79 Å². The number of para-hydroxylation sites is 1. The molecule has 1 amide bonds. The Morgan fingerprint density at radius 2 is 1.57 bits per heavy atom. The minimum absolute atomic E-state index is 0.0934. The fraction of sp³-hybridized carbons (Fsp3) is 0.458. The van der Waals surface area contributed by atoms with Crippen LogP contribution in [-0.2, 0) is 4.79 Å². The number of carbonyl (C=O) groups is 1. The van der Waals surface area contributed by atoms with Crippen LogP contribution in [0.5, 0.6) is 11.5 Å². The number of rotatable bonds is 5. The lowest BCUT2D eigenvalue weighted by molar-refractivity contribution is -0.126. The minimum Gasteiger partial charge on any atom is -0.457 e. The molecule has 4 nitrogen and oxygen atoms in total. The summed E-state index contributed by atoms with van der Waals surface area (Å²) in [6.45, 7) is 1.81. The molecule has 0 radical (unpaired) electrons. The van der Waals surface area contributed by atoms with Crippen LogP contribution in [0.2, 0.25) is 0 Å². The third kappa shape index (κ3) is 4.86. The number of amides is 1. The third-order valence-corrected chi connectivity index (χ3v) is 5.92. The maximum Gasteiger partial charge on any atom is 0.225 e. The Morgan fingerprint density at radius 3 is 2.32 bits per heavy atom. The molecule has 4 heteroatoms. The van der Waals surface area contributed by atoms with Crippen molar-refractivity contribution in [3.63, 3.8) is 0 Å². The summed E-state index contributed by atoms with van der Waals surface area (Å²) >= 11 is 0. The quantitative estimate of drug-likeness (QED) is 0.783. The molecule has 2 aromatic carbocycles. The van der Waals surface area contributed by atoms with Crippen molar-refractivity contribution in [2.75, 3.05) is 18.0 Å². The van der Waals surface area contributed by atoms with Crippen LogP contribution in [0, 0.1) is 5.92 Å². The minimum atomic E-state index is 0.0934. The molecule has 1 aliphatic heterocycles. The van der Waals surface area contributed by atoms with Crippen LogP contribution in [0.25, 0.3) is 0 Å². The Labute approximate surface area is 167 Å². The molecule has 0 unspecified atom stereocenters. The number of carbonyl (C=O) groups excluding carboxylic acids is 1. The molecule has 0 aromatic heterocycles. The monoisotopic (exact) mass is 378 g/mol. The number of hydrogen-bond acceptors (Lipinski definition) is 3. The van der Waals surface area contributed by atoms with Gasteiger partial charge in [-0.1, -0.05) is 37.5 Å².